The fraction of sp³-hybridized carbons (Fsp3) is 0.286. The molecular formula is C21H23N5O4S. The van der Waals surface area contributed by atoms with Crippen LogP contribution in [-0.4, -0.2) is 31.3 Å². The average molecular weight is 442 g/mol. The van der Waals surface area contributed by atoms with Crippen LogP contribution < -0.4 is 10.1 Å². The van der Waals surface area contributed by atoms with Crippen LogP contribution in [0.1, 0.15) is 22.5 Å². The number of non-ortho nitro benzene ring substituents is 1. The summed E-state index contributed by atoms with van der Waals surface area (Å²) in [6, 6.07) is 10.4. The summed E-state index contributed by atoms with van der Waals surface area (Å²) >= 11 is 1.23. The number of carbonyl (C=O) groups is 1. The Morgan fingerprint density at radius 3 is 2.65 bits per heavy atom. The number of hydrogen-bond donors (Lipinski definition) is 1. The number of nitrogens with zero attached hydrogens (tertiary/aromatic N) is 4. The summed E-state index contributed by atoms with van der Waals surface area (Å²) in [6.07, 6.45) is 0. The largest absolute Gasteiger partial charge is 0.485 e. The molecule has 10 heteroatoms. The van der Waals surface area contributed by atoms with Crippen molar-refractivity contribution in [1.82, 2.24) is 14.8 Å². The molecule has 1 aromatic heterocycles. The van der Waals surface area contributed by atoms with Gasteiger partial charge in [-0.25, -0.2) is 0 Å². The number of nitro groups is 1. The van der Waals surface area contributed by atoms with E-state index in [1.54, 1.807) is 17.6 Å². The number of carbonyl (C=O) groups excluding carboxylic acids is 1. The van der Waals surface area contributed by atoms with Crippen LogP contribution >= 0.6 is 11.8 Å². The van der Waals surface area contributed by atoms with Crippen molar-refractivity contribution in [1.29, 1.82) is 0 Å². The van der Waals surface area contributed by atoms with E-state index in [0.29, 0.717) is 16.7 Å². The lowest BCUT2D eigenvalue weighted by atomic mass is 10.1. The number of nitrogens with one attached hydrogen (secondary N) is 1. The molecule has 1 heterocycles. The van der Waals surface area contributed by atoms with Gasteiger partial charge in [0.15, 0.2) is 11.0 Å². The first-order valence-corrected chi connectivity index (χ1v) is 10.5. The maximum Gasteiger partial charge on any atom is 0.271 e. The molecular weight excluding hydrogens is 418 g/mol. The number of hydrogen-bond acceptors (Lipinski definition) is 7. The van der Waals surface area contributed by atoms with Gasteiger partial charge in [0.25, 0.3) is 5.69 Å². The van der Waals surface area contributed by atoms with Gasteiger partial charge >= 0.3 is 0 Å². The first-order valence-electron chi connectivity index (χ1n) is 9.50. The highest BCUT2D eigenvalue weighted by atomic mass is 32.2. The Morgan fingerprint density at radius 2 is 1.90 bits per heavy atom. The molecule has 0 spiro atoms. The first-order chi connectivity index (χ1) is 14.7. The standard InChI is InChI=1S/C21H23N5O4S/c1-13-5-6-15(3)18(9-13)30-11-19-23-24-21(25(19)4)31-12-20(27)22-17-10-16(26(28)29)8-7-14(17)2/h5-10H,11-12H2,1-4H3,(H,22,27). The van der Waals surface area contributed by atoms with Crippen molar-refractivity contribution >= 4 is 29.0 Å². The fourth-order valence-electron chi connectivity index (χ4n) is 2.78. The number of thioether (sulfide) groups is 1. The number of ether oxygens (including phenoxy) is 1. The SMILES string of the molecule is Cc1ccc(C)c(OCc2nnc(SCC(=O)Nc3cc([N+](=O)[O-])ccc3C)n2C)c1. The molecule has 0 aliphatic carbocycles. The Hall–Kier alpha value is -3.40. The van der Waals surface area contributed by atoms with E-state index < -0.39 is 4.92 Å². The summed E-state index contributed by atoms with van der Waals surface area (Å²) < 4.78 is 7.66. The second-order valence-electron chi connectivity index (χ2n) is 7.11. The van der Waals surface area contributed by atoms with Crippen LogP contribution in [0.4, 0.5) is 11.4 Å². The lowest BCUT2D eigenvalue weighted by Crippen LogP contribution is -2.15. The highest BCUT2D eigenvalue weighted by Crippen LogP contribution is 2.24. The number of benzene rings is 2. The Labute approximate surface area is 184 Å². The van der Waals surface area contributed by atoms with Gasteiger partial charge in [-0.2, -0.15) is 0 Å². The van der Waals surface area contributed by atoms with Crippen LogP contribution in [0.5, 0.6) is 5.75 Å². The molecule has 162 valence electrons. The number of rotatable bonds is 8. The Kier molecular flexibility index (Phi) is 6.91. The van der Waals surface area contributed by atoms with Crippen molar-refractivity contribution < 1.29 is 14.5 Å². The molecule has 2 aromatic carbocycles. The maximum absolute atomic E-state index is 12.3. The van der Waals surface area contributed by atoms with Crippen LogP contribution in [-0.2, 0) is 18.4 Å². The first kappa shape index (κ1) is 22.3. The summed E-state index contributed by atoms with van der Waals surface area (Å²) in [5, 5.41) is 22.5. The van der Waals surface area contributed by atoms with Crippen molar-refractivity contribution in [3.8, 4) is 5.75 Å². The lowest BCUT2D eigenvalue weighted by Gasteiger charge is -2.10. The van der Waals surface area contributed by atoms with Crippen molar-refractivity contribution in [2.24, 2.45) is 7.05 Å². The van der Waals surface area contributed by atoms with E-state index in [0.717, 1.165) is 22.4 Å². The Balaban J connectivity index is 1.58. The van der Waals surface area contributed by atoms with E-state index in [4.69, 9.17) is 4.74 Å². The predicted octanol–water partition coefficient (Wildman–Crippen LogP) is 3.96. The summed E-state index contributed by atoms with van der Waals surface area (Å²) in [5.74, 6) is 1.23. The van der Waals surface area contributed by atoms with Gasteiger partial charge in [-0.15, -0.1) is 10.2 Å². The molecule has 0 radical (unpaired) electrons. The second-order valence-corrected chi connectivity index (χ2v) is 8.05. The zero-order chi connectivity index (χ0) is 22.5. The van der Waals surface area contributed by atoms with Gasteiger partial charge in [-0.3, -0.25) is 14.9 Å². The average Bonchev–Trinajstić information content (AvgIpc) is 3.08. The highest BCUT2D eigenvalue weighted by Gasteiger charge is 2.15. The summed E-state index contributed by atoms with van der Waals surface area (Å²) in [7, 11) is 1.81. The summed E-state index contributed by atoms with van der Waals surface area (Å²) in [6.45, 7) is 6.02. The Bertz CT molecular complexity index is 1130. The monoisotopic (exact) mass is 441 g/mol. The number of aromatic nitrogens is 3. The van der Waals surface area contributed by atoms with Crippen molar-refractivity contribution in [2.45, 2.75) is 32.5 Å². The minimum Gasteiger partial charge on any atom is -0.485 e. The van der Waals surface area contributed by atoms with E-state index in [-0.39, 0.29) is 24.0 Å². The molecule has 31 heavy (non-hydrogen) atoms. The van der Waals surface area contributed by atoms with Crippen LogP contribution in [0, 0.1) is 30.9 Å². The third-order valence-corrected chi connectivity index (χ3v) is 5.68. The third kappa shape index (κ3) is 5.60. The molecule has 3 aromatic rings. The zero-order valence-electron chi connectivity index (χ0n) is 17.7. The molecule has 9 nitrogen and oxygen atoms in total. The molecule has 0 atom stereocenters. The van der Waals surface area contributed by atoms with Gasteiger partial charge in [0.05, 0.1) is 16.4 Å². The normalized spacial score (nSPS) is 10.7. The number of nitro benzene ring substituents is 1. The van der Waals surface area contributed by atoms with Gasteiger partial charge in [-0.1, -0.05) is 30.0 Å². The minimum atomic E-state index is -0.495. The van der Waals surface area contributed by atoms with Gasteiger partial charge in [-0.05, 0) is 43.5 Å². The maximum atomic E-state index is 12.3. The molecule has 0 saturated carbocycles. The van der Waals surface area contributed by atoms with Crippen LogP contribution in [0.15, 0.2) is 41.6 Å². The Morgan fingerprint density at radius 1 is 1.16 bits per heavy atom. The van der Waals surface area contributed by atoms with E-state index in [1.165, 1.54) is 23.9 Å². The smallest absolute Gasteiger partial charge is 0.271 e. The number of amides is 1. The molecule has 0 saturated heterocycles. The molecule has 0 unspecified atom stereocenters. The summed E-state index contributed by atoms with van der Waals surface area (Å²) in [5.41, 5.74) is 3.24. The van der Waals surface area contributed by atoms with E-state index >= 15 is 0 Å². The zero-order valence-corrected chi connectivity index (χ0v) is 18.5. The van der Waals surface area contributed by atoms with Gasteiger partial charge < -0.3 is 14.6 Å². The number of anilines is 1. The van der Waals surface area contributed by atoms with Gasteiger partial charge in [0.2, 0.25) is 5.91 Å². The van der Waals surface area contributed by atoms with E-state index in [1.807, 2.05) is 39.1 Å². The molecule has 1 N–H and O–H groups in total. The van der Waals surface area contributed by atoms with Crippen LogP contribution in [0.2, 0.25) is 0 Å². The van der Waals surface area contributed by atoms with Crippen molar-refractivity contribution in [3.63, 3.8) is 0 Å². The molecule has 0 aliphatic heterocycles. The lowest BCUT2D eigenvalue weighted by molar-refractivity contribution is -0.384. The summed E-state index contributed by atoms with van der Waals surface area (Å²) in [4.78, 5) is 22.8. The van der Waals surface area contributed by atoms with E-state index in [2.05, 4.69) is 15.5 Å². The molecule has 1 amide bonds. The van der Waals surface area contributed by atoms with Crippen molar-refractivity contribution in [2.75, 3.05) is 11.1 Å². The number of aryl methyl sites for hydroxylation is 3. The van der Waals surface area contributed by atoms with Crippen LogP contribution in [0.3, 0.4) is 0 Å². The van der Waals surface area contributed by atoms with Gasteiger partial charge in [0, 0.05) is 19.2 Å². The second kappa shape index (κ2) is 9.61. The fourth-order valence-corrected chi connectivity index (χ4v) is 3.51. The quantitative estimate of drug-likeness (QED) is 0.320. The molecule has 0 fully saturated rings. The predicted molar refractivity (Wildman–Crippen MR) is 118 cm³/mol. The minimum absolute atomic E-state index is 0.0738. The van der Waals surface area contributed by atoms with Crippen LogP contribution in [0.25, 0.3) is 0 Å². The van der Waals surface area contributed by atoms with Gasteiger partial charge in [0.1, 0.15) is 12.4 Å². The third-order valence-electron chi connectivity index (χ3n) is 4.66. The molecule has 0 aliphatic rings. The van der Waals surface area contributed by atoms with Crippen molar-refractivity contribution in [3.05, 3.63) is 69.0 Å². The highest BCUT2D eigenvalue weighted by molar-refractivity contribution is 7.99. The molecule has 0 bridgehead atoms. The van der Waals surface area contributed by atoms with E-state index in [9.17, 15) is 14.9 Å². The molecule has 3 rings (SSSR count). The topological polar surface area (TPSA) is 112 Å².